The molecule has 2 aliphatic heterocycles. The molecular weight excluding hydrogens is 400 g/mol. The topological polar surface area (TPSA) is 105 Å². The zero-order valence-corrected chi connectivity index (χ0v) is 16.7. The van der Waals surface area contributed by atoms with Gasteiger partial charge >= 0.3 is 0 Å². The van der Waals surface area contributed by atoms with Crippen molar-refractivity contribution in [2.75, 3.05) is 25.0 Å². The van der Waals surface area contributed by atoms with E-state index in [1.807, 2.05) is 4.90 Å². The third kappa shape index (κ3) is 3.76. The number of nitrogens with two attached hydrogens (primary N) is 1. The Morgan fingerprint density at radius 2 is 1.89 bits per heavy atom. The minimum absolute atomic E-state index is 0. The highest BCUT2D eigenvalue weighted by Gasteiger charge is 2.29. The van der Waals surface area contributed by atoms with E-state index < -0.39 is 10.0 Å². The van der Waals surface area contributed by atoms with Crippen molar-refractivity contribution in [2.45, 2.75) is 11.3 Å². The average Bonchev–Trinajstić information content (AvgIpc) is 3.25. The molecule has 1 unspecified atom stereocenters. The number of fused-ring (bicyclic) bond motifs is 1. The van der Waals surface area contributed by atoms with Crippen LogP contribution in [0.25, 0.3) is 0 Å². The average molecular weight is 421 g/mol. The van der Waals surface area contributed by atoms with Gasteiger partial charge in [0.05, 0.1) is 0 Å². The quantitative estimate of drug-likeness (QED) is 0.791. The fourth-order valence-electron chi connectivity index (χ4n) is 3.42. The van der Waals surface area contributed by atoms with Crippen molar-refractivity contribution in [2.24, 2.45) is 16.0 Å². The van der Waals surface area contributed by atoms with Crippen molar-refractivity contribution in [3.63, 3.8) is 0 Å². The van der Waals surface area contributed by atoms with Gasteiger partial charge in [-0.05, 0) is 55.3 Å². The molecule has 0 bridgehead atoms. The van der Waals surface area contributed by atoms with Crippen LogP contribution in [0.5, 0.6) is 0 Å². The summed E-state index contributed by atoms with van der Waals surface area (Å²) in [5, 5.41) is 3.03. The maximum atomic E-state index is 12.6. The molecule has 2 aliphatic rings. The predicted octanol–water partition coefficient (Wildman–Crippen LogP) is 2.09. The first-order valence-electron chi connectivity index (χ1n) is 8.79. The number of benzene rings is 2. The summed E-state index contributed by atoms with van der Waals surface area (Å²) in [6.07, 6.45) is 0.940. The lowest BCUT2D eigenvalue weighted by Crippen LogP contribution is -2.29. The maximum Gasteiger partial charge on any atom is 0.285 e. The van der Waals surface area contributed by atoms with Gasteiger partial charge in [0.2, 0.25) is 0 Å². The number of halogens is 1. The standard InChI is InChI=1S/C19H20N4O3S.ClH/c20-11-13-9-10-23(12-13)19(24)14-5-7-15(8-6-14)21-18-16-3-1-2-4-17(16)27(25,26)22-18;/h1-8,13H,9-12,20H2,(H,21,22);1H. The summed E-state index contributed by atoms with van der Waals surface area (Å²) in [5.74, 6) is 0.649. The Kier molecular flexibility index (Phi) is 5.74. The van der Waals surface area contributed by atoms with Gasteiger partial charge < -0.3 is 16.0 Å². The van der Waals surface area contributed by atoms with Crippen LogP contribution in [0.3, 0.4) is 0 Å². The summed E-state index contributed by atoms with van der Waals surface area (Å²) in [4.78, 5) is 14.6. The molecule has 28 heavy (non-hydrogen) atoms. The van der Waals surface area contributed by atoms with Crippen molar-refractivity contribution in [1.29, 1.82) is 0 Å². The number of sulfonamides is 1. The molecule has 1 atom stereocenters. The van der Waals surface area contributed by atoms with E-state index in [4.69, 9.17) is 5.73 Å². The predicted molar refractivity (Wildman–Crippen MR) is 111 cm³/mol. The van der Waals surface area contributed by atoms with Crippen LogP contribution in [-0.2, 0) is 10.0 Å². The molecule has 1 amide bonds. The Labute approximate surface area is 170 Å². The van der Waals surface area contributed by atoms with Crippen molar-refractivity contribution in [3.05, 3.63) is 59.7 Å². The third-order valence-corrected chi connectivity index (χ3v) is 6.27. The second-order valence-corrected chi connectivity index (χ2v) is 8.33. The number of rotatable bonds is 3. The minimum atomic E-state index is -3.66. The summed E-state index contributed by atoms with van der Waals surface area (Å²) in [5.41, 5.74) is 7.49. The third-order valence-electron chi connectivity index (χ3n) is 4.93. The second-order valence-electron chi connectivity index (χ2n) is 6.76. The van der Waals surface area contributed by atoms with Gasteiger partial charge in [-0.2, -0.15) is 8.42 Å². The highest BCUT2D eigenvalue weighted by Crippen LogP contribution is 2.27. The van der Waals surface area contributed by atoms with E-state index in [0.29, 0.717) is 35.8 Å². The molecule has 3 N–H and O–H groups in total. The lowest BCUT2D eigenvalue weighted by atomic mass is 10.1. The van der Waals surface area contributed by atoms with Gasteiger partial charge in [-0.3, -0.25) is 4.79 Å². The molecular formula is C19H21ClN4O3S. The number of hydrogen-bond donors (Lipinski definition) is 2. The van der Waals surface area contributed by atoms with Crippen molar-refractivity contribution in [1.82, 2.24) is 4.90 Å². The normalized spacial score (nSPS) is 19.5. The zero-order valence-electron chi connectivity index (χ0n) is 15.0. The number of carbonyl (C=O) groups is 1. The molecule has 2 aromatic rings. The number of anilines is 1. The van der Waals surface area contributed by atoms with Gasteiger partial charge in [-0.25, -0.2) is 0 Å². The largest absolute Gasteiger partial charge is 0.339 e. The zero-order chi connectivity index (χ0) is 19.0. The van der Waals surface area contributed by atoms with Crippen LogP contribution in [0.4, 0.5) is 5.69 Å². The molecule has 1 fully saturated rings. The van der Waals surface area contributed by atoms with E-state index in [1.54, 1.807) is 42.5 Å². The van der Waals surface area contributed by atoms with Gasteiger partial charge in [-0.1, -0.05) is 12.1 Å². The monoisotopic (exact) mass is 420 g/mol. The van der Waals surface area contributed by atoms with Crippen LogP contribution in [0.1, 0.15) is 22.3 Å². The Morgan fingerprint density at radius 3 is 2.57 bits per heavy atom. The second kappa shape index (κ2) is 7.90. The van der Waals surface area contributed by atoms with E-state index in [9.17, 15) is 13.2 Å². The van der Waals surface area contributed by atoms with Crippen molar-refractivity contribution >= 4 is 39.9 Å². The Morgan fingerprint density at radius 1 is 1.18 bits per heavy atom. The summed E-state index contributed by atoms with van der Waals surface area (Å²) in [6, 6.07) is 13.7. The molecule has 9 heteroatoms. The first kappa shape index (κ1) is 20.3. The number of amides is 1. The fraction of sp³-hybridized carbons (Fsp3) is 0.263. The van der Waals surface area contributed by atoms with E-state index in [1.165, 1.54) is 6.07 Å². The molecule has 7 nitrogen and oxygen atoms in total. The number of carbonyl (C=O) groups excluding carboxylic acids is 1. The molecule has 2 aromatic carbocycles. The molecule has 0 radical (unpaired) electrons. The molecule has 0 aromatic heterocycles. The fourth-order valence-corrected chi connectivity index (χ4v) is 4.60. The molecule has 2 heterocycles. The van der Waals surface area contributed by atoms with Crippen LogP contribution < -0.4 is 11.1 Å². The van der Waals surface area contributed by atoms with Crippen LogP contribution in [-0.4, -0.2) is 44.7 Å². The molecule has 0 saturated carbocycles. The minimum Gasteiger partial charge on any atom is -0.339 e. The smallest absolute Gasteiger partial charge is 0.285 e. The van der Waals surface area contributed by atoms with Gasteiger partial charge in [0, 0.05) is 29.9 Å². The summed E-state index contributed by atoms with van der Waals surface area (Å²) < 4.78 is 28.0. The molecule has 0 spiro atoms. The summed E-state index contributed by atoms with van der Waals surface area (Å²) in [6.45, 7) is 2.02. The Hall–Kier alpha value is -2.42. The van der Waals surface area contributed by atoms with Crippen LogP contribution in [0.2, 0.25) is 0 Å². The van der Waals surface area contributed by atoms with Crippen LogP contribution >= 0.6 is 12.4 Å². The van der Waals surface area contributed by atoms with Crippen molar-refractivity contribution < 1.29 is 13.2 Å². The number of likely N-dealkylation sites (tertiary alicyclic amines) is 1. The van der Waals surface area contributed by atoms with Gasteiger partial charge in [0.25, 0.3) is 15.9 Å². The SMILES string of the molecule is Cl.NCC1CCN(C(=O)c2ccc(NC3=NS(=O)(=O)c4ccccc43)cc2)C1. The number of nitrogens with zero attached hydrogens (tertiary/aromatic N) is 2. The van der Waals surface area contributed by atoms with E-state index in [2.05, 4.69) is 9.71 Å². The Balaban J connectivity index is 0.00000225. The Bertz CT molecular complexity index is 1020. The highest BCUT2D eigenvalue weighted by atomic mass is 35.5. The lowest BCUT2D eigenvalue weighted by Gasteiger charge is -2.16. The molecule has 148 valence electrons. The van der Waals surface area contributed by atoms with E-state index in [0.717, 1.165) is 13.0 Å². The number of amidine groups is 1. The maximum absolute atomic E-state index is 12.6. The number of hydrogen-bond acceptors (Lipinski definition) is 5. The highest BCUT2D eigenvalue weighted by molar-refractivity contribution is 7.90. The van der Waals surface area contributed by atoms with Gasteiger partial charge in [-0.15, -0.1) is 16.8 Å². The summed E-state index contributed by atoms with van der Waals surface area (Å²) >= 11 is 0. The number of nitrogens with one attached hydrogen (secondary N) is 1. The molecule has 4 rings (SSSR count). The molecule has 0 aliphatic carbocycles. The van der Waals surface area contributed by atoms with Crippen molar-refractivity contribution in [3.8, 4) is 0 Å². The van der Waals surface area contributed by atoms with E-state index >= 15 is 0 Å². The first-order valence-corrected chi connectivity index (χ1v) is 10.2. The van der Waals surface area contributed by atoms with Gasteiger partial charge in [0.15, 0.2) is 5.84 Å². The van der Waals surface area contributed by atoms with Crippen LogP contribution in [0, 0.1) is 5.92 Å². The van der Waals surface area contributed by atoms with Crippen LogP contribution in [0.15, 0.2) is 57.8 Å². The molecule has 1 saturated heterocycles. The first-order chi connectivity index (χ1) is 13.0. The van der Waals surface area contributed by atoms with Gasteiger partial charge in [0.1, 0.15) is 4.90 Å². The lowest BCUT2D eigenvalue weighted by molar-refractivity contribution is 0.0787. The summed E-state index contributed by atoms with van der Waals surface area (Å²) in [7, 11) is -3.66. The van der Waals surface area contributed by atoms with E-state index in [-0.39, 0.29) is 29.0 Å².